The minimum absolute atomic E-state index is 0.0796. The molecule has 200 valence electrons. The van der Waals surface area contributed by atoms with Crippen LogP contribution in [0.1, 0.15) is 43.0 Å². The van der Waals surface area contributed by atoms with E-state index in [9.17, 15) is 14.7 Å². The highest BCUT2D eigenvalue weighted by atomic mass is 16.5. The molecule has 0 radical (unpaired) electrons. The van der Waals surface area contributed by atoms with Crippen LogP contribution in [0.15, 0.2) is 42.0 Å². The van der Waals surface area contributed by atoms with Gasteiger partial charge in [-0.15, -0.1) is 0 Å². The van der Waals surface area contributed by atoms with Gasteiger partial charge in [0.2, 0.25) is 5.78 Å². The molecule has 3 rings (SSSR count). The van der Waals surface area contributed by atoms with Gasteiger partial charge >= 0.3 is 0 Å². The highest BCUT2D eigenvalue weighted by Crippen LogP contribution is 2.45. The Kier molecular flexibility index (Phi) is 9.21. The molecule has 1 saturated heterocycles. The average Bonchev–Trinajstić information content (AvgIpc) is 3.11. The van der Waals surface area contributed by atoms with E-state index in [0.29, 0.717) is 53.9 Å². The Morgan fingerprint density at radius 1 is 1.08 bits per heavy atom. The van der Waals surface area contributed by atoms with Gasteiger partial charge in [-0.05, 0) is 42.2 Å². The second-order valence-corrected chi connectivity index (χ2v) is 10.1. The number of rotatable bonds is 11. The fourth-order valence-corrected chi connectivity index (χ4v) is 4.52. The predicted octanol–water partition coefficient (Wildman–Crippen LogP) is 1.81. The van der Waals surface area contributed by atoms with Crippen LogP contribution in [0.25, 0.3) is 5.76 Å². The minimum Gasteiger partial charge on any atom is -0.872 e. The number of hydrogen-bond acceptors (Lipinski definition) is 6. The molecule has 0 spiro atoms. The summed E-state index contributed by atoms with van der Waals surface area (Å²) in [6.45, 7) is 7.67. The number of ketones is 1. The maximum atomic E-state index is 13.8. The van der Waals surface area contributed by atoms with Crippen LogP contribution in [0.4, 0.5) is 0 Å². The van der Waals surface area contributed by atoms with E-state index in [1.807, 2.05) is 21.0 Å². The SMILES string of the molecule is COc1cccc(C2C(=C([O-])c3ccc(OCC(C)C)c(C)c3)C(=O)C(=O)N2CCC[NH+](C)C)c1OC. The molecule has 0 saturated carbocycles. The number of nitrogens with zero attached hydrogens (tertiary/aromatic N) is 1. The molecule has 1 atom stereocenters. The zero-order valence-corrected chi connectivity index (χ0v) is 22.8. The molecule has 0 aliphatic carbocycles. The van der Waals surface area contributed by atoms with Crippen molar-refractivity contribution < 1.29 is 33.8 Å². The second-order valence-electron chi connectivity index (χ2n) is 10.1. The minimum atomic E-state index is -0.883. The summed E-state index contributed by atoms with van der Waals surface area (Å²) in [7, 11) is 7.07. The summed E-state index contributed by atoms with van der Waals surface area (Å²) in [6.07, 6.45) is 0.673. The fourth-order valence-electron chi connectivity index (χ4n) is 4.52. The Bertz CT molecular complexity index is 1170. The van der Waals surface area contributed by atoms with E-state index in [4.69, 9.17) is 14.2 Å². The molecule has 8 heteroatoms. The number of carbonyl (C=O) groups excluding carboxylic acids is 2. The zero-order valence-electron chi connectivity index (χ0n) is 22.8. The van der Waals surface area contributed by atoms with Gasteiger partial charge in [-0.25, -0.2) is 0 Å². The van der Waals surface area contributed by atoms with E-state index in [1.165, 1.54) is 24.0 Å². The number of quaternary nitrogens is 1. The summed E-state index contributed by atoms with van der Waals surface area (Å²) < 4.78 is 16.9. The first-order valence-corrected chi connectivity index (χ1v) is 12.6. The van der Waals surface area contributed by atoms with Gasteiger partial charge in [-0.1, -0.05) is 37.8 Å². The number of carbonyl (C=O) groups is 2. The molecule has 1 aliphatic heterocycles. The molecule has 1 N–H and O–H groups in total. The molecule has 0 aromatic heterocycles. The van der Waals surface area contributed by atoms with Crippen molar-refractivity contribution >= 4 is 17.4 Å². The summed E-state index contributed by atoms with van der Waals surface area (Å²) in [4.78, 5) is 29.3. The predicted molar refractivity (Wildman–Crippen MR) is 140 cm³/mol. The maximum Gasteiger partial charge on any atom is 0.295 e. The number of likely N-dealkylation sites (tertiary alicyclic amines) is 1. The van der Waals surface area contributed by atoms with Crippen LogP contribution in [0.2, 0.25) is 0 Å². The average molecular weight is 511 g/mol. The number of hydrogen-bond donors (Lipinski definition) is 1. The lowest BCUT2D eigenvalue weighted by molar-refractivity contribution is -0.858. The van der Waals surface area contributed by atoms with Crippen LogP contribution in [0.5, 0.6) is 17.2 Å². The van der Waals surface area contributed by atoms with Crippen LogP contribution < -0.4 is 24.2 Å². The van der Waals surface area contributed by atoms with E-state index in [2.05, 4.69) is 13.8 Å². The molecule has 1 amide bonds. The number of amides is 1. The molecular weight excluding hydrogens is 472 g/mol. The van der Waals surface area contributed by atoms with Crippen LogP contribution in [-0.4, -0.2) is 64.6 Å². The van der Waals surface area contributed by atoms with E-state index < -0.39 is 23.5 Å². The van der Waals surface area contributed by atoms with Gasteiger partial charge in [0, 0.05) is 24.1 Å². The third-order valence-electron chi connectivity index (χ3n) is 6.34. The lowest BCUT2D eigenvalue weighted by Gasteiger charge is -2.29. The molecule has 1 heterocycles. The Hall–Kier alpha value is -3.52. The summed E-state index contributed by atoms with van der Waals surface area (Å²) >= 11 is 0. The van der Waals surface area contributed by atoms with E-state index in [1.54, 1.807) is 36.4 Å². The third kappa shape index (κ3) is 6.07. The smallest absolute Gasteiger partial charge is 0.295 e. The molecule has 1 unspecified atom stereocenters. The van der Waals surface area contributed by atoms with Gasteiger partial charge in [0.15, 0.2) is 11.5 Å². The maximum absolute atomic E-state index is 13.8. The number of ether oxygens (including phenoxy) is 3. The molecule has 2 aromatic rings. The van der Waals surface area contributed by atoms with Crippen molar-refractivity contribution in [3.05, 3.63) is 58.7 Å². The summed E-state index contributed by atoms with van der Waals surface area (Å²) in [6, 6.07) is 9.48. The van der Waals surface area contributed by atoms with Gasteiger partial charge in [0.05, 0.1) is 47.5 Å². The van der Waals surface area contributed by atoms with Crippen molar-refractivity contribution in [2.45, 2.75) is 33.2 Å². The first-order chi connectivity index (χ1) is 17.6. The Labute approximate surface area is 219 Å². The van der Waals surface area contributed by atoms with Crippen LogP contribution in [0.3, 0.4) is 0 Å². The molecule has 37 heavy (non-hydrogen) atoms. The van der Waals surface area contributed by atoms with Crippen LogP contribution in [-0.2, 0) is 9.59 Å². The summed E-state index contributed by atoms with van der Waals surface area (Å²) in [5, 5.41) is 13.8. The number of aryl methyl sites for hydroxylation is 1. The molecule has 8 nitrogen and oxygen atoms in total. The monoisotopic (exact) mass is 510 g/mol. The Balaban J connectivity index is 2.14. The number of methoxy groups -OCH3 is 2. The lowest BCUT2D eigenvalue weighted by Crippen LogP contribution is -3.05. The first kappa shape index (κ1) is 28.1. The van der Waals surface area contributed by atoms with Crippen molar-refractivity contribution in [3.63, 3.8) is 0 Å². The van der Waals surface area contributed by atoms with Gasteiger partial charge in [-0.2, -0.15) is 0 Å². The van der Waals surface area contributed by atoms with E-state index in [-0.39, 0.29) is 5.57 Å². The van der Waals surface area contributed by atoms with Gasteiger partial charge in [0.1, 0.15) is 5.75 Å². The zero-order chi connectivity index (χ0) is 27.3. The normalized spacial score (nSPS) is 17.1. The Morgan fingerprint density at radius 3 is 2.41 bits per heavy atom. The standard InChI is InChI=1S/C29H38N2O6/c1-18(2)17-37-22-13-12-20(16-19(22)3)26(32)24-25(21-10-8-11-23(35-6)28(21)36-7)31(29(34)27(24)33)15-9-14-30(4)5/h8,10-13,16,18,25,32H,9,14-15,17H2,1-7H3. The van der Waals surface area contributed by atoms with Crippen LogP contribution in [0, 0.1) is 12.8 Å². The van der Waals surface area contributed by atoms with E-state index >= 15 is 0 Å². The van der Waals surface area contributed by atoms with Crippen LogP contribution >= 0.6 is 0 Å². The molecule has 1 fully saturated rings. The molecule has 1 aliphatic rings. The van der Waals surface area contributed by atoms with Crippen molar-refractivity contribution in [1.82, 2.24) is 4.90 Å². The fraction of sp³-hybridized carbons (Fsp3) is 0.448. The molecule has 0 bridgehead atoms. The number of Topliss-reactive ketones (excluding diaryl/α,β-unsaturated/α-hetero) is 1. The highest BCUT2D eigenvalue weighted by molar-refractivity contribution is 6.46. The van der Waals surface area contributed by atoms with Gasteiger partial charge in [0.25, 0.3) is 5.91 Å². The lowest BCUT2D eigenvalue weighted by atomic mass is 9.93. The topological polar surface area (TPSA) is 92.6 Å². The number of para-hydroxylation sites is 1. The second kappa shape index (κ2) is 12.1. The quantitative estimate of drug-likeness (QED) is 0.282. The van der Waals surface area contributed by atoms with Crippen molar-refractivity contribution in [2.24, 2.45) is 5.92 Å². The largest absolute Gasteiger partial charge is 0.872 e. The molecule has 2 aromatic carbocycles. The summed E-state index contributed by atoms with van der Waals surface area (Å²) in [5.41, 5.74) is 1.57. The summed E-state index contributed by atoms with van der Waals surface area (Å²) in [5.74, 6) is -0.0543. The van der Waals surface area contributed by atoms with Crippen molar-refractivity contribution in [2.75, 3.05) is 48.0 Å². The highest BCUT2D eigenvalue weighted by Gasteiger charge is 2.45. The first-order valence-electron chi connectivity index (χ1n) is 12.6. The number of nitrogens with one attached hydrogen (secondary N) is 1. The van der Waals surface area contributed by atoms with E-state index in [0.717, 1.165) is 12.1 Å². The third-order valence-corrected chi connectivity index (χ3v) is 6.34. The van der Waals surface area contributed by atoms with Crippen molar-refractivity contribution in [3.8, 4) is 17.2 Å². The Morgan fingerprint density at radius 2 is 1.81 bits per heavy atom. The molecular formula is C29H38N2O6. The van der Waals surface area contributed by atoms with Gasteiger partial charge < -0.3 is 29.1 Å². The van der Waals surface area contributed by atoms with Gasteiger partial charge in [-0.3, -0.25) is 9.59 Å². The number of benzene rings is 2. The van der Waals surface area contributed by atoms with Crippen molar-refractivity contribution in [1.29, 1.82) is 0 Å².